The Hall–Kier alpha value is -1.90. The minimum absolute atomic E-state index is 0.481. The Balaban J connectivity index is 3.61. The normalized spacial score (nSPS) is 10.1. The summed E-state index contributed by atoms with van der Waals surface area (Å²) in [4.78, 5) is 40.4. The second-order valence-electron chi connectivity index (χ2n) is 3.04. The van der Waals surface area contributed by atoms with E-state index in [4.69, 9.17) is 28.3 Å². The van der Waals surface area contributed by atoms with Gasteiger partial charge in [-0.25, -0.2) is 9.59 Å². The van der Waals surface area contributed by atoms with Crippen molar-refractivity contribution in [2.24, 2.45) is 0 Å². The summed E-state index contributed by atoms with van der Waals surface area (Å²) in [6.07, 6.45) is 0. The molecule has 19 heavy (non-hydrogen) atoms. The van der Waals surface area contributed by atoms with E-state index in [2.05, 4.69) is 9.78 Å². The maximum atomic E-state index is 11.4. The van der Waals surface area contributed by atoms with Crippen LogP contribution in [0.1, 0.15) is 20.7 Å². The second-order valence-corrected chi connectivity index (χ2v) is 3.83. The smallest absolute Gasteiger partial charge is 0.374 e. The Bertz CT molecular complexity index is 572. The highest BCUT2D eigenvalue weighted by molar-refractivity contribution is 6.39. The van der Waals surface area contributed by atoms with Crippen molar-refractivity contribution in [3.63, 3.8) is 0 Å². The molecule has 102 valence electrons. The molecule has 0 atom stereocenters. The van der Waals surface area contributed by atoms with E-state index < -0.39 is 43.7 Å². The van der Waals surface area contributed by atoms with E-state index in [9.17, 15) is 19.7 Å². The number of benzene rings is 1. The lowest BCUT2D eigenvalue weighted by atomic mass is 10.1. The van der Waals surface area contributed by atoms with Crippen molar-refractivity contribution in [1.29, 1.82) is 0 Å². The van der Waals surface area contributed by atoms with Crippen molar-refractivity contribution in [2.45, 2.75) is 0 Å². The van der Waals surface area contributed by atoms with E-state index in [0.717, 1.165) is 13.2 Å². The monoisotopic (exact) mass is 309 g/mol. The van der Waals surface area contributed by atoms with E-state index in [0.29, 0.717) is 0 Å². The van der Waals surface area contributed by atoms with Crippen molar-refractivity contribution in [2.75, 3.05) is 7.11 Å². The van der Waals surface area contributed by atoms with Crippen LogP contribution in [0.15, 0.2) is 6.07 Å². The van der Waals surface area contributed by atoms with Gasteiger partial charge in [0.25, 0.3) is 0 Å². The standard InChI is InChI=1S/C9H5Cl2NO7/c1-18-19-9(15)3-2-4(10)5(8(13)14)7(6(3)11)12(16)17/h2H,1H3,(H,13,14). The molecule has 0 fully saturated rings. The van der Waals surface area contributed by atoms with E-state index >= 15 is 0 Å². The van der Waals surface area contributed by atoms with Crippen LogP contribution in [-0.4, -0.2) is 29.1 Å². The van der Waals surface area contributed by atoms with E-state index in [1.54, 1.807) is 0 Å². The number of hydrogen-bond acceptors (Lipinski definition) is 6. The number of carbonyl (C=O) groups is 2. The van der Waals surface area contributed by atoms with Crippen LogP contribution in [0.3, 0.4) is 0 Å². The van der Waals surface area contributed by atoms with E-state index in [1.165, 1.54) is 0 Å². The molecule has 1 rings (SSSR count). The number of nitro benzene ring substituents is 1. The predicted octanol–water partition coefficient (Wildman–Crippen LogP) is 2.32. The van der Waals surface area contributed by atoms with Crippen LogP contribution in [0.5, 0.6) is 0 Å². The zero-order chi connectivity index (χ0) is 14.7. The number of carboxylic acids is 1. The molecule has 0 saturated carbocycles. The van der Waals surface area contributed by atoms with Gasteiger partial charge in [-0.1, -0.05) is 23.2 Å². The van der Waals surface area contributed by atoms with Crippen molar-refractivity contribution >= 4 is 40.8 Å². The number of carboxylic acid groups (broad SMARTS) is 1. The average molecular weight is 310 g/mol. The second kappa shape index (κ2) is 5.83. The molecule has 1 N–H and O–H groups in total. The van der Waals surface area contributed by atoms with Gasteiger partial charge in [0.15, 0.2) is 5.56 Å². The van der Waals surface area contributed by atoms with Gasteiger partial charge < -0.3 is 5.11 Å². The Kier molecular flexibility index (Phi) is 4.65. The highest BCUT2D eigenvalue weighted by Gasteiger charge is 2.32. The Morgan fingerprint density at radius 2 is 2.00 bits per heavy atom. The van der Waals surface area contributed by atoms with E-state index in [-0.39, 0.29) is 0 Å². The summed E-state index contributed by atoms with van der Waals surface area (Å²) in [6.45, 7) is 0. The first-order chi connectivity index (χ1) is 8.81. The lowest BCUT2D eigenvalue weighted by Gasteiger charge is -2.07. The van der Waals surface area contributed by atoms with Crippen LogP contribution >= 0.6 is 23.2 Å². The number of hydrogen-bond donors (Lipinski definition) is 1. The molecule has 0 amide bonds. The SMILES string of the molecule is COOC(=O)c1cc(Cl)c(C(=O)O)c([N+](=O)[O-])c1Cl. The molecule has 1 aromatic carbocycles. The molecule has 0 aliphatic rings. The van der Waals surface area contributed by atoms with Crippen LogP contribution in [0.2, 0.25) is 10.0 Å². The first kappa shape index (κ1) is 15.2. The van der Waals surface area contributed by atoms with Crippen molar-refractivity contribution in [3.05, 3.63) is 37.4 Å². The van der Waals surface area contributed by atoms with Gasteiger partial charge in [-0.3, -0.25) is 15.0 Å². The van der Waals surface area contributed by atoms with Gasteiger partial charge in [0, 0.05) is 0 Å². The van der Waals surface area contributed by atoms with Crippen LogP contribution in [0.25, 0.3) is 0 Å². The predicted molar refractivity (Wildman–Crippen MR) is 62.5 cm³/mol. The van der Waals surface area contributed by atoms with Crippen LogP contribution in [0.4, 0.5) is 5.69 Å². The summed E-state index contributed by atoms with van der Waals surface area (Å²) in [5.74, 6) is -2.79. The third-order valence-electron chi connectivity index (χ3n) is 1.97. The number of rotatable bonds is 4. The molecule has 0 aliphatic carbocycles. The molecular formula is C9H5Cl2NO7. The van der Waals surface area contributed by atoms with Crippen LogP contribution < -0.4 is 0 Å². The topological polar surface area (TPSA) is 116 Å². The maximum Gasteiger partial charge on any atom is 0.374 e. The molecule has 0 aromatic heterocycles. The fourth-order valence-corrected chi connectivity index (χ4v) is 1.83. The summed E-state index contributed by atoms with van der Waals surface area (Å²) < 4.78 is 0. The number of halogens is 2. The van der Waals surface area contributed by atoms with Crippen molar-refractivity contribution in [1.82, 2.24) is 0 Å². The first-order valence-corrected chi connectivity index (χ1v) is 5.21. The minimum atomic E-state index is -1.65. The lowest BCUT2D eigenvalue weighted by Crippen LogP contribution is -2.10. The van der Waals surface area contributed by atoms with Gasteiger partial charge in [0.2, 0.25) is 0 Å². The molecule has 10 heteroatoms. The van der Waals surface area contributed by atoms with Gasteiger partial charge in [0.05, 0.1) is 22.6 Å². The number of aromatic carboxylic acids is 1. The molecule has 0 heterocycles. The molecule has 0 radical (unpaired) electrons. The van der Waals surface area contributed by atoms with Crippen LogP contribution in [0, 0.1) is 10.1 Å². The van der Waals surface area contributed by atoms with Gasteiger partial charge in [-0.2, -0.15) is 4.89 Å². The number of carbonyl (C=O) groups excluding carboxylic acids is 1. The molecule has 0 spiro atoms. The van der Waals surface area contributed by atoms with Crippen LogP contribution in [-0.2, 0) is 9.78 Å². The van der Waals surface area contributed by atoms with Gasteiger partial charge in [-0.15, -0.1) is 0 Å². The summed E-state index contributed by atoms with van der Waals surface area (Å²) in [5, 5.41) is 18.5. The molecule has 0 unspecified atom stereocenters. The van der Waals surface area contributed by atoms with E-state index in [1.807, 2.05) is 0 Å². The number of nitro groups is 1. The number of nitrogens with zero attached hydrogens (tertiary/aromatic N) is 1. The highest BCUT2D eigenvalue weighted by Crippen LogP contribution is 2.37. The fourth-order valence-electron chi connectivity index (χ4n) is 1.26. The quantitative estimate of drug-likeness (QED) is 0.515. The summed E-state index contributed by atoms with van der Waals surface area (Å²) in [5.41, 5.74) is -2.29. The largest absolute Gasteiger partial charge is 0.477 e. The Morgan fingerprint density at radius 1 is 1.42 bits per heavy atom. The summed E-state index contributed by atoms with van der Waals surface area (Å²) >= 11 is 11.2. The molecular weight excluding hydrogens is 305 g/mol. The molecule has 0 aliphatic heterocycles. The third-order valence-corrected chi connectivity index (χ3v) is 2.65. The van der Waals surface area contributed by atoms with Gasteiger partial charge >= 0.3 is 17.6 Å². The third kappa shape index (κ3) is 2.92. The van der Waals surface area contributed by atoms with Crippen molar-refractivity contribution < 1.29 is 29.4 Å². The maximum absolute atomic E-state index is 11.4. The zero-order valence-electron chi connectivity index (χ0n) is 9.18. The van der Waals surface area contributed by atoms with Crippen molar-refractivity contribution in [3.8, 4) is 0 Å². The molecule has 0 bridgehead atoms. The Labute approximate surface area is 115 Å². The first-order valence-electron chi connectivity index (χ1n) is 4.45. The highest BCUT2D eigenvalue weighted by atomic mass is 35.5. The average Bonchev–Trinajstić information content (AvgIpc) is 2.30. The zero-order valence-corrected chi connectivity index (χ0v) is 10.7. The molecule has 8 nitrogen and oxygen atoms in total. The van der Waals surface area contributed by atoms with Gasteiger partial charge in [-0.05, 0) is 6.07 Å². The minimum Gasteiger partial charge on any atom is -0.477 e. The summed E-state index contributed by atoms with van der Waals surface area (Å²) in [6, 6.07) is 0.849. The molecule has 1 aromatic rings. The fraction of sp³-hybridized carbons (Fsp3) is 0.111. The lowest BCUT2D eigenvalue weighted by molar-refractivity contribution is -0.385. The van der Waals surface area contributed by atoms with Gasteiger partial charge in [0.1, 0.15) is 5.02 Å². The molecule has 0 saturated heterocycles. The Morgan fingerprint density at radius 3 is 2.42 bits per heavy atom. The summed E-state index contributed by atoms with van der Waals surface area (Å²) in [7, 11) is 1.04.